The van der Waals surface area contributed by atoms with Gasteiger partial charge in [-0.1, -0.05) is 0 Å². The van der Waals surface area contributed by atoms with Gasteiger partial charge in [0, 0.05) is 38.0 Å². The van der Waals surface area contributed by atoms with Crippen LogP contribution >= 0.6 is 0 Å². The second kappa shape index (κ2) is 6.27. The zero-order valence-electron chi connectivity index (χ0n) is 13.4. The summed E-state index contributed by atoms with van der Waals surface area (Å²) in [4.78, 5) is 43.3. The van der Waals surface area contributed by atoms with Crippen LogP contribution in [-0.4, -0.2) is 35.9 Å². The third-order valence-corrected chi connectivity index (χ3v) is 3.71. The molecule has 1 aliphatic rings. The number of anilines is 1. The smallest absolute Gasteiger partial charge is 0.360 e. The van der Waals surface area contributed by atoms with E-state index >= 15 is 0 Å². The second-order valence-electron chi connectivity index (χ2n) is 5.84. The molecule has 2 aromatic heterocycles. The molecule has 0 atom stereocenters. The van der Waals surface area contributed by atoms with Gasteiger partial charge in [-0.25, -0.2) is 14.5 Å². The van der Waals surface area contributed by atoms with Crippen molar-refractivity contribution in [2.75, 3.05) is 19.0 Å². The Morgan fingerprint density at radius 3 is 2.50 bits per heavy atom. The lowest BCUT2D eigenvalue weighted by Crippen LogP contribution is -2.46. The van der Waals surface area contributed by atoms with Crippen LogP contribution in [0.25, 0.3) is 11.3 Å². The number of hydrogen-bond donors (Lipinski definition) is 0. The van der Waals surface area contributed by atoms with Gasteiger partial charge in [0.2, 0.25) is 5.91 Å². The predicted octanol–water partition coefficient (Wildman–Crippen LogP) is 2.13. The van der Waals surface area contributed by atoms with Gasteiger partial charge in [-0.05, 0) is 37.1 Å². The quantitative estimate of drug-likeness (QED) is 0.862. The Morgan fingerprint density at radius 1 is 1.21 bits per heavy atom. The Balaban J connectivity index is 2.00. The molecule has 0 aliphatic heterocycles. The van der Waals surface area contributed by atoms with E-state index in [0.717, 1.165) is 17.7 Å². The normalized spacial score (nSPS) is 13.4. The van der Waals surface area contributed by atoms with Crippen molar-refractivity contribution >= 4 is 17.6 Å². The fraction of sp³-hybridized carbons (Fsp3) is 0.294. The third-order valence-electron chi connectivity index (χ3n) is 3.71. The van der Waals surface area contributed by atoms with E-state index in [1.165, 1.54) is 25.1 Å². The lowest BCUT2D eigenvalue weighted by molar-refractivity contribution is -0.119. The van der Waals surface area contributed by atoms with Crippen LogP contribution < -0.4 is 10.5 Å². The number of imide groups is 1. The third kappa shape index (κ3) is 3.05. The van der Waals surface area contributed by atoms with Crippen LogP contribution in [0.3, 0.4) is 0 Å². The molecule has 2 aromatic rings. The molecule has 0 radical (unpaired) electrons. The molecular formula is C17H17N3O4. The van der Waals surface area contributed by atoms with Gasteiger partial charge in [0.1, 0.15) is 11.4 Å². The van der Waals surface area contributed by atoms with Crippen LogP contribution in [0, 0.1) is 5.92 Å². The standard InChI is InChI=1S/C17H17N3O4/c1-19(2)17(23)20(15(21)11-5-6-11)13-7-8-14(24-16(13)22)12-4-3-9-18-10-12/h3-4,7-11H,5-6H2,1-2H3. The van der Waals surface area contributed by atoms with Crippen molar-refractivity contribution in [3.63, 3.8) is 0 Å². The van der Waals surface area contributed by atoms with Gasteiger partial charge in [-0.15, -0.1) is 0 Å². The summed E-state index contributed by atoms with van der Waals surface area (Å²) in [5.74, 6) is -0.241. The number of urea groups is 1. The maximum atomic E-state index is 12.4. The first-order valence-corrected chi connectivity index (χ1v) is 7.59. The molecule has 1 aliphatic carbocycles. The molecule has 0 N–H and O–H groups in total. The predicted molar refractivity (Wildman–Crippen MR) is 87.5 cm³/mol. The second-order valence-corrected chi connectivity index (χ2v) is 5.84. The monoisotopic (exact) mass is 327 g/mol. The van der Waals surface area contributed by atoms with E-state index in [1.807, 2.05) is 0 Å². The van der Waals surface area contributed by atoms with Gasteiger partial charge >= 0.3 is 11.7 Å². The number of aromatic nitrogens is 1. The van der Waals surface area contributed by atoms with Crippen molar-refractivity contribution in [3.05, 3.63) is 47.1 Å². The summed E-state index contributed by atoms with van der Waals surface area (Å²) >= 11 is 0. The van der Waals surface area contributed by atoms with Gasteiger partial charge in [0.25, 0.3) is 0 Å². The van der Waals surface area contributed by atoms with Gasteiger partial charge in [-0.2, -0.15) is 0 Å². The highest BCUT2D eigenvalue weighted by atomic mass is 16.4. The Labute approximate surface area is 138 Å². The summed E-state index contributed by atoms with van der Waals surface area (Å²) in [6.07, 6.45) is 4.64. The van der Waals surface area contributed by atoms with Crippen LogP contribution in [0.15, 0.2) is 45.9 Å². The summed E-state index contributed by atoms with van der Waals surface area (Å²) in [5.41, 5.74) is -0.168. The summed E-state index contributed by atoms with van der Waals surface area (Å²) in [7, 11) is 3.06. The number of hydrogen-bond acceptors (Lipinski definition) is 5. The first-order valence-electron chi connectivity index (χ1n) is 7.59. The Morgan fingerprint density at radius 2 is 1.96 bits per heavy atom. The molecule has 1 saturated carbocycles. The fourth-order valence-corrected chi connectivity index (χ4v) is 2.27. The lowest BCUT2D eigenvalue weighted by Gasteiger charge is -2.23. The minimum atomic E-state index is -0.736. The molecule has 0 aromatic carbocycles. The molecule has 0 bridgehead atoms. The highest BCUT2D eigenvalue weighted by molar-refractivity contribution is 6.15. The average Bonchev–Trinajstić information content (AvgIpc) is 3.42. The Hall–Kier alpha value is -2.96. The zero-order valence-corrected chi connectivity index (χ0v) is 13.4. The van der Waals surface area contributed by atoms with Crippen LogP contribution in [0.4, 0.5) is 10.5 Å². The lowest BCUT2D eigenvalue weighted by atomic mass is 10.2. The first kappa shape index (κ1) is 15.9. The van der Waals surface area contributed by atoms with Gasteiger partial charge in [-0.3, -0.25) is 9.78 Å². The highest BCUT2D eigenvalue weighted by Crippen LogP contribution is 2.32. The van der Waals surface area contributed by atoms with E-state index in [2.05, 4.69) is 4.98 Å². The summed E-state index contributed by atoms with van der Waals surface area (Å²) in [5, 5.41) is 0. The van der Waals surface area contributed by atoms with E-state index in [9.17, 15) is 14.4 Å². The topological polar surface area (TPSA) is 83.7 Å². The van der Waals surface area contributed by atoms with Crippen molar-refractivity contribution < 1.29 is 14.0 Å². The van der Waals surface area contributed by atoms with Gasteiger partial charge < -0.3 is 9.32 Å². The molecule has 2 heterocycles. The minimum absolute atomic E-state index is 0.0711. The van der Waals surface area contributed by atoms with Crippen molar-refractivity contribution in [3.8, 4) is 11.3 Å². The molecule has 7 heteroatoms. The van der Waals surface area contributed by atoms with E-state index in [1.54, 1.807) is 30.6 Å². The van der Waals surface area contributed by atoms with E-state index in [4.69, 9.17) is 4.42 Å². The van der Waals surface area contributed by atoms with Crippen LogP contribution in [-0.2, 0) is 4.79 Å². The number of carbonyl (C=O) groups is 2. The zero-order chi connectivity index (χ0) is 17.3. The number of amides is 3. The van der Waals surface area contributed by atoms with Crippen molar-refractivity contribution in [1.29, 1.82) is 0 Å². The fourth-order valence-electron chi connectivity index (χ4n) is 2.27. The molecule has 7 nitrogen and oxygen atoms in total. The van der Waals surface area contributed by atoms with Crippen molar-refractivity contribution in [2.45, 2.75) is 12.8 Å². The molecule has 1 fully saturated rings. The van der Waals surface area contributed by atoms with E-state index in [-0.39, 0.29) is 17.5 Å². The number of carbonyl (C=O) groups excluding carboxylic acids is 2. The maximum Gasteiger partial charge on any atom is 0.360 e. The van der Waals surface area contributed by atoms with Crippen molar-refractivity contribution in [1.82, 2.24) is 9.88 Å². The molecule has 124 valence electrons. The van der Waals surface area contributed by atoms with E-state index < -0.39 is 11.7 Å². The number of nitrogens with zero attached hydrogens (tertiary/aromatic N) is 3. The first-order chi connectivity index (χ1) is 11.5. The van der Waals surface area contributed by atoms with Crippen LogP contribution in [0.2, 0.25) is 0 Å². The Bertz CT molecular complexity index is 811. The van der Waals surface area contributed by atoms with Gasteiger partial charge in [0.05, 0.1) is 0 Å². The minimum Gasteiger partial charge on any atom is -0.421 e. The van der Waals surface area contributed by atoms with Crippen LogP contribution in [0.5, 0.6) is 0 Å². The van der Waals surface area contributed by atoms with Crippen molar-refractivity contribution in [2.24, 2.45) is 5.92 Å². The van der Waals surface area contributed by atoms with Crippen LogP contribution in [0.1, 0.15) is 12.8 Å². The van der Waals surface area contributed by atoms with Gasteiger partial charge in [0.15, 0.2) is 0 Å². The highest BCUT2D eigenvalue weighted by Gasteiger charge is 2.38. The number of pyridine rings is 1. The summed E-state index contributed by atoms with van der Waals surface area (Å²) in [6, 6.07) is 5.91. The molecule has 3 amide bonds. The summed E-state index contributed by atoms with van der Waals surface area (Å²) < 4.78 is 5.30. The average molecular weight is 327 g/mol. The molecule has 24 heavy (non-hydrogen) atoms. The Kier molecular flexibility index (Phi) is 4.16. The number of rotatable bonds is 3. The summed E-state index contributed by atoms with van der Waals surface area (Å²) in [6.45, 7) is 0. The molecule has 0 spiro atoms. The molecule has 3 rings (SSSR count). The molecule has 0 saturated heterocycles. The molecule has 0 unspecified atom stereocenters. The molecular weight excluding hydrogens is 310 g/mol. The van der Waals surface area contributed by atoms with E-state index in [0.29, 0.717) is 11.3 Å². The maximum absolute atomic E-state index is 12.4. The SMILES string of the molecule is CN(C)C(=O)N(C(=O)C1CC1)c1ccc(-c2cccnc2)oc1=O. The largest absolute Gasteiger partial charge is 0.421 e.